The maximum atomic E-state index is 13.9. The summed E-state index contributed by atoms with van der Waals surface area (Å²) in [6.45, 7) is 5.12. The van der Waals surface area contributed by atoms with Gasteiger partial charge in [-0.3, -0.25) is 4.79 Å². The molecule has 1 aliphatic carbocycles. The topological polar surface area (TPSA) is 103 Å². The summed E-state index contributed by atoms with van der Waals surface area (Å²) in [6, 6.07) is 11.0. The first kappa shape index (κ1) is 28.1. The summed E-state index contributed by atoms with van der Waals surface area (Å²) >= 11 is 6.37. The Bertz CT molecular complexity index is 1360. The molecule has 0 unspecified atom stereocenters. The van der Waals surface area contributed by atoms with Crippen LogP contribution in [0.5, 0.6) is 17.2 Å². The smallest absolute Gasteiger partial charge is 0.336 e. The fourth-order valence-electron chi connectivity index (χ4n) is 5.82. The van der Waals surface area contributed by atoms with Gasteiger partial charge in [0.25, 0.3) is 0 Å². The van der Waals surface area contributed by atoms with Crippen LogP contribution in [-0.2, 0) is 19.1 Å². The number of Topliss-reactive ketones (excluding diaryl/α,β-unsaturated/α-hetero) is 1. The van der Waals surface area contributed by atoms with Crippen molar-refractivity contribution in [2.24, 2.45) is 0 Å². The summed E-state index contributed by atoms with van der Waals surface area (Å²) in [7, 11) is 1.42. The Hall–Kier alpha value is -3.49. The number of hydrogen-bond donors (Lipinski definition) is 2. The van der Waals surface area contributed by atoms with Crippen LogP contribution in [0.1, 0.15) is 62.5 Å². The molecule has 1 fully saturated rings. The van der Waals surface area contributed by atoms with Gasteiger partial charge in [-0.2, -0.15) is 0 Å². The van der Waals surface area contributed by atoms with E-state index in [-0.39, 0.29) is 47.4 Å². The molecule has 0 aromatic heterocycles. The standard InChI is InChI=1S/C31H34ClNO7/c1-4-38-21-9-7-18(8-10-21)19-13-24-29(25(34)14-19)28(20-12-23(32)30(35)26(15-20)37-3)27(17(2)33-24)31(36)40-16-22-6-5-11-39-22/h7-10,12,15,19,22,28,33,35H,4-6,11,13-14,16H2,1-3H3/t19-,22-,28+/m0/s1. The van der Waals surface area contributed by atoms with Gasteiger partial charge < -0.3 is 29.4 Å². The Kier molecular flexibility index (Phi) is 8.38. The summed E-state index contributed by atoms with van der Waals surface area (Å²) in [5.74, 6) is -0.636. The van der Waals surface area contributed by atoms with Crippen LogP contribution < -0.4 is 14.8 Å². The fourth-order valence-corrected chi connectivity index (χ4v) is 6.04. The van der Waals surface area contributed by atoms with Crippen LogP contribution in [0.2, 0.25) is 5.02 Å². The van der Waals surface area contributed by atoms with Crippen molar-refractivity contribution in [1.82, 2.24) is 5.32 Å². The van der Waals surface area contributed by atoms with E-state index in [1.54, 1.807) is 12.1 Å². The lowest BCUT2D eigenvalue weighted by Gasteiger charge is -2.37. The quantitative estimate of drug-likeness (QED) is 0.401. The molecule has 0 saturated carbocycles. The molecule has 0 amide bonds. The van der Waals surface area contributed by atoms with Crippen LogP contribution >= 0.6 is 11.6 Å². The van der Waals surface area contributed by atoms with Gasteiger partial charge in [-0.05, 0) is 74.4 Å². The molecule has 0 radical (unpaired) electrons. The van der Waals surface area contributed by atoms with Gasteiger partial charge in [0.2, 0.25) is 0 Å². The number of carbonyl (C=O) groups is 2. The number of carbonyl (C=O) groups excluding carboxylic acids is 2. The Morgan fingerprint density at radius 3 is 2.62 bits per heavy atom. The Labute approximate surface area is 238 Å². The van der Waals surface area contributed by atoms with E-state index in [4.69, 9.17) is 30.5 Å². The van der Waals surface area contributed by atoms with Crippen molar-refractivity contribution < 1.29 is 33.6 Å². The highest BCUT2D eigenvalue weighted by atomic mass is 35.5. The largest absolute Gasteiger partial charge is 0.503 e. The molecule has 40 heavy (non-hydrogen) atoms. The minimum atomic E-state index is -0.742. The number of aromatic hydroxyl groups is 1. The van der Waals surface area contributed by atoms with Gasteiger partial charge in [0.15, 0.2) is 17.3 Å². The number of esters is 1. The van der Waals surface area contributed by atoms with E-state index >= 15 is 0 Å². The summed E-state index contributed by atoms with van der Waals surface area (Å²) in [6.07, 6.45) is 2.50. The number of methoxy groups -OCH3 is 1. The zero-order valence-electron chi connectivity index (χ0n) is 22.9. The minimum absolute atomic E-state index is 0.0335. The number of halogens is 1. The second-order valence-electron chi connectivity index (χ2n) is 10.3. The van der Waals surface area contributed by atoms with E-state index in [0.29, 0.717) is 42.0 Å². The molecule has 5 rings (SSSR count). The van der Waals surface area contributed by atoms with Gasteiger partial charge in [-0.15, -0.1) is 0 Å². The van der Waals surface area contributed by atoms with Crippen molar-refractivity contribution in [3.8, 4) is 17.2 Å². The van der Waals surface area contributed by atoms with E-state index in [2.05, 4.69) is 5.32 Å². The molecule has 2 heterocycles. The molecule has 9 heteroatoms. The third-order valence-electron chi connectivity index (χ3n) is 7.74. The van der Waals surface area contributed by atoms with Crippen molar-refractivity contribution in [3.63, 3.8) is 0 Å². The van der Waals surface area contributed by atoms with Crippen molar-refractivity contribution in [1.29, 1.82) is 0 Å². The highest BCUT2D eigenvalue weighted by Crippen LogP contribution is 2.48. The lowest BCUT2D eigenvalue weighted by atomic mass is 9.71. The third-order valence-corrected chi connectivity index (χ3v) is 8.03. The molecule has 2 aliphatic heterocycles. The van der Waals surface area contributed by atoms with Crippen molar-refractivity contribution in [2.45, 2.75) is 57.5 Å². The van der Waals surface area contributed by atoms with Crippen LogP contribution in [0, 0.1) is 0 Å². The molecule has 3 aliphatic rings. The lowest BCUT2D eigenvalue weighted by molar-refractivity contribution is -0.142. The Morgan fingerprint density at radius 1 is 1.18 bits per heavy atom. The first-order valence-corrected chi connectivity index (χ1v) is 14.0. The van der Waals surface area contributed by atoms with Crippen molar-refractivity contribution in [3.05, 3.63) is 75.1 Å². The number of rotatable bonds is 8. The van der Waals surface area contributed by atoms with Gasteiger partial charge in [0, 0.05) is 35.9 Å². The minimum Gasteiger partial charge on any atom is -0.503 e. The van der Waals surface area contributed by atoms with Gasteiger partial charge >= 0.3 is 5.97 Å². The average molecular weight is 568 g/mol. The SMILES string of the molecule is CCOc1ccc([C@@H]2CC(=O)C3=C(C2)NC(C)=C(C(=O)OC[C@@H]2CCCO2)[C@H]3c2cc(Cl)c(O)c(OC)c2)cc1. The number of hydrogen-bond acceptors (Lipinski definition) is 8. The van der Waals surface area contributed by atoms with E-state index < -0.39 is 11.9 Å². The molecule has 2 N–H and O–H groups in total. The highest BCUT2D eigenvalue weighted by Gasteiger charge is 2.42. The molecule has 0 spiro atoms. The molecule has 2 aromatic carbocycles. The number of ketones is 1. The molecule has 212 valence electrons. The number of phenols is 1. The zero-order valence-corrected chi connectivity index (χ0v) is 23.7. The second-order valence-corrected chi connectivity index (χ2v) is 10.7. The number of allylic oxidation sites excluding steroid dienone is 3. The first-order valence-electron chi connectivity index (χ1n) is 13.6. The Morgan fingerprint density at radius 2 is 1.95 bits per heavy atom. The predicted molar refractivity (Wildman–Crippen MR) is 150 cm³/mol. The first-order chi connectivity index (χ1) is 19.3. The molecular weight excluding hydrogens is 534 g/mol. The maximum absolute atomic E-state index is 13.9. The second kappa shape index (κ2) is 11.9. The van der Waals surface area contributed by atoms with Gasteiger partial charge in [0.05, 0.1) is 30.4 Å². The monoisotopic (exact) mass is 567 g/mol. The van der Waals surface area contributed by atoms with Crippen LogP contribution in [0.15, 0.2) is 58.9 Å². The third kappa shape index (κ3) is 5.56. The summed E-state index contributed by atoms with van der Waals surface area (Å²) in [4.78, 5) is 27.5. The van der Waals surface area contributed by atoms with Crippen molar-refractivity contribution in [2.75, 3.05) is 26.9 Å². The average Bonchev–Trinajstić information content (AvgIpc) is 3.47. The van der Waals surface area contributed by atoms with Crippen LogP contribution in [0.25, 0.3) is 0 Å². The maximum Gasteiger partial charge on any atom is 0.336 e. The van der Waals surface area contributed by atoms with Gasteiger partial charge in [-0.1, -0.05) is 23.7 Å². The molecule has 8 nitrogen and oxygen atoms in total. The van der Waals surface area contributed by atoms with Crippen LogP contribution in [0.4, 0.5) is 0 Å². The Balaban J connectivity index is 1.52. The van der Waals surface area contributed by atoms with Gasteiger partial charge in [0.1, 0.15) is 12.4 Å². The number of benzene rings is 2. The molecule has 2 aromatic rings. The lowest BCUT2D eigenvalue weighted by Crippen LogP contribution is -2.36. The summed E-state index contributed by atoms with van der Waals surface area (Å²) < 4.78 is 22.3. The molecule has 1 saturated heterocycles. The predicted octanol–water partition coefficient (Wildman–Crippen LogP) is 5.54. The highest BCUT2D eigenvalue weighted by molar-refractivity contribution is 6.32. The van der Waals surface area contributed by atoms with Crippen molar-refractivity contribution >= 4 is 23.4 Å². The number of nitrogens with one attached hydrogen (secondary N) is 1. The van der Waals surface area contributed by atoms with Crippen LogP contribution in [0.3, 0.4) is 0 Å². The van der Waals surface area contributed by atoms with E-state index in [9.17, 15) is 14.7 Å². The van der Waals surface area contributed by atoms with E-state index in [1.165, 1.54) is 7.11 Å². The number of ether oxygens (including phenoxy) is 4. The zero-order chi connectivity index (χ0) is 28.4. The fraction of sp³-hybridized carbons (Fsp3) is 0.419. The van der Waals surface area contributed by atoms with E-state index in [0.717, 1.165) is 29.9 Å². The molecular formula is C31H34ClNO7. The number of dihydropyridines is 1. The molecule has 0 bridgehead atoms. The summed E-state index contributed by atoms with van der Waals surface area (Å²) in [5.41, 5.74) is 3.79. The van der Waals surface area contributed by atoms with Gasteiger partial charge in [-0.25, -0.2) is 4.79 Å². The number of phenolic OH excluding ortho intramolecular Hbond substituents is 1. The normalized spacial score (nSPS) is 22.6. The van der Waals surface area contributed by atoms with Crippen LogP contribution in [-0.4, -0.2) is 49.9 Å². The van der Waals surface area contributed by atoms with E-state index in [1.807, 2.05) is 38.1 Å². The summed E-state index contributed by atoms with van der Waals surface area (Å²) in [5, 5.41) is 13.8. The molecule has 3 atom stereocenters.